The molecular formula is C19H22Cl2N8O5. The van der Waals surface area contributed by atoms with Crippen LogP contribution in [0, 0.1) is 0 Å². The molecule has 2 heterocycles. The summed E-state index contributed by atoms with van der Waals surface area (Å²) in [5, 5.41) is 14.6. The van der Waals surface area contributed by atoms with Crippen molar-refractivity contribution in [2.24, 2.45) is 5.73 Å². The number of carboxylic acid groups (broad SMARTS) is 1. The number of nitrogens with two attached hydrogens (primary N) is 2. The van der Waals surface area contributed by atoms with Crippen LogP contribution in [0.3, 0.4) is 0 Å². The highest BCUT2D eigenvalue weighted by atomic mass is 35.5. The van der Waals surface area contributed by atoms with Gasteiger partial charge in [0.1, 0.15) is 6.04 Å². The molecule has 0 saturated carbocycles. The molecule has 3 aromatic rings. The average Bonchev–Trinajstić information content (AvgIpc) is 2.75. The molecular weight excluding hydrogens is 491 g/mol. The Morgan fingerprint density at radius 1 is 1.12 bits per heavy atom. The molecule has 2 amide bonds. The number of aromatic amines is 1. The number of hydrogen-bond acceptors (Lipinski definition) is 9. The molecule has 13 nitrogen and oxygen atoms in total. The van der Waals surface area contributed by atoms with Gasteiger partial charge in [0.15, 0.2) is 11.2 Å². The van der Waals surface area contributed by atoms with Crippen LogP contribution in [0.15, 0.2) is 35.3 Å². The molecule has 182 valence electrons. The first kappa shape index (κ1) is 28.1. The van der Waals surface area contributed by atoms with Gasteiger partial charge in [0, 0.05) is 17.7 Å². The van der Waals surface area contributed by atoms with Gasteiger partial charge in [0.2, 0.25) is 11.9 Å². The van der Waals surface area contributed by atoms with Crippen LogP contribution in [0.5, 0.6) is 0 Å². The summed E-state index contributed by atoms with van der Waals surface area (Å²) in [6, 6.07) is 5.03. The van der Waals surface area contributed by atoms with Gasteiger partial charge in [-0.2, -0.15) is 4.98 Å². The first-order valence-corrected chi connectivity index (χ1v) is 9.40. The highest BCUT2D eigenvalue weighted by Crippen LogP contribution is 2.12. The predicted octanol–water partition coefficient (Wildman–Crippen LogP) is 0.199. The number of anilines is 2. The van der Waals surface area contributed by atoms with Gasteiger partial charge < -0.3 is 27.2 Å². The minimum absolute atomic E-state index is 0. The number of nitrogens with zero attached hydrogens (tertiary/aromatic N) is 3. The van der Waals surface area contributed by atoms with Crippen LogP contribution in [0.25, 0.3) is 11.2 Å². The Bertz CT molecular complexity index is 1240. The van der Waals surface area contributed by atoms with Crippen LogP contribution in [-0.2, 0) is 16.1 Å². The van der Waals surface area contributed by atoms with Crippen LogP contribution in [0.2, 0.25) is 0 Å². The Morgan fingerprint density at radius 3 is 2.41 bits per heavy atom. The largest absolute Gasteiger partial charge is 0.480 e. The quantitative estimate of drug-likeness (QED) is 0.228. The molecule has 0 bridgehead atoms. The first-order chi connectivity index (χ1) is 15.2. The molecule has 1 aromatic carbocycles. The van der Waals surface area contributed by atoms with E-state index in [0.717, 1.165) is 0 Å². The molecule has 3 rings (SSSR count). The zero-order valence-corrected chi connectivity index (χ0v) is 19.1. The number of carboxylic acids is 1. The van der Waals surface area contributed by atoms with Crippen molar-refractivity contribution in [2.45, 2.75) is 25.4 Å². The average molecular weight is 513 g/mol. The van der Waals surface area contributed by atoms with E-state index in [0.29, 0.717) is 11.4 Å². The van der Waals surface area contributed by atoms with Gasteiger partial charge in [-0.15, -0.1) is 24.8 Å². The molecule has 0 unspecified atom stereocenters. The number of carbonyl (C=O) groups is 3. The molecule has 0 aliphatic rings. The summed E-state index contributed by atoms with van der Waals surface area (Å²) in [5.41, 5.74) is 11.6. The van der Waals surface area contributed by atoms with E-state index in [1.54, 1.807) is 12.1 Å². The lowest BCUT2D eigenvalue weighted by atomic mass is 10.1. The van der Waals surface area contributed by atoms with E-state index < -0.39 is 29.4 Å². The van der Waals surface area contributed by atoms with Gasteiger partial charge in [-0.1, -0.05) is 0 Å². The molecule has 15 heteroatoms. The Labute approximate surface area is 204 Å². The van der Waals surface area contributed by atoms with Crippen LogP contribution >= 0.6 is 24.8 Å². The number of hydrogen-bond donors (Lipinski definition) is 6. The molecule has 34 heavy (non-hydrogen) atoms. The van der Waals surface area contributed by atoms with Gasteiger partial charge in [0.05, 0.1) is 18.4 Å². The molecule has 0 saturated heterocycles. The van der Waals surface area contributed by atoms with E-state index in [9.17, 15) is 24.3 Å². The van der Waals surface area contributed by atoms with Crippen molar-refractivity contribution in [2.75, 3.05) is 11.1 Å². The summed E-state index contributed by atoms with van der Waals surface area (Å²) in [4.78, 5) is 60.9. The second-order valence-corrected chi connectivity index (χ2v) is 6.78. The highest BCUT2D eigenvalue weighted by Gasteiger charge is 2.21. The zero-order valence-electron chi connectivity index (χ0n) is 17.5. The number of aliphatic carboxylic acids is 1. The van der Waals surface area contributed by atoms with Gasteiger partial charge in [-0.05, 0) is 30.7 Å². The second kappa shape index (κ2) is 12.3. The fourth-order valence-electron chi connectivity index (χ4n) is 2.77. The minimum Gasteiger partial charge on any atom is -0.480 e. The Hall–Kier alpha value is -3.97. The fraction of sp³-hybridized carbons (Fsp3) is 0.211. The number of rotatable bonds is 9. The third-order valence-electron chi connectivity index (χ3n) is 4.39. The molecule has 8 N–H and O–H groups in total. The van der Waals surface area contributed by atoms with Gasteiger partial charge in [-0.3, -0.25) is 19.4 Å². The number of amides is 2. The van der Waals surface area contributed by atoms with E-state index in [4.69, 9.17) is 11.5 Å². The molecule has 0 aliphatic carbocycles. The lowest BCUT2D eigenvalue weighted by Gasteiger charge is -2.14. The van der Waals surface area contributed by atoms with E-state index in [-0.39, 0.29) is 66.9 Å². The molecule has 0 spiro atoms. The van der Waals surface area contributed by atoms with Crippen LogP contribution in [-0.4, -0.2) is 48.9 Å². The normalized spacial score (nSPS) is 10.9. The number of carbonyl (C=O) groups excluding carboxylic acids is 2. The van der Waals surface area contributed by atoms with Gasteiger partial charge in [-0.25, -0.2) is 14.8 Å². The van der Waals surface area contributed by atoms with Crippen LogP contribution in [0.4, 0.5) is 11.6 Å². The van der Waals surface area contributed by atoms with Crippen molar-refractivity contribution in [3.8, 4) is 0 Å². The Morgan fingerprint density at radius 2 is 1.79 bits per heavy atom. The molecule has 0 aliphatic heterocycles. The van der Waals surface area contributed by atoms with Gasteiger partial charge in [0.25, 0.3) is 11.5 Å². The third-order valence-corrected chi connectivity index (χ3v) is 4.39. The van der Waals surface area contributed by atoms with E-state index in [1.165, 1.54) is 18.3 Å². The second-order valence-electron chi connectivity index (χ2n) is 6.78. The lowest BCUT2D eigenvalue weighted by Crippen LogP contribution is -2.41. The van der Waals surface area contributed by atoms with Crippen molar-refractivity contribution in [1.29, 1.82) is 0 Å². The maximum atomic E-state index is 12.3. The summed E-state index contributed by atoms with van der Waals surface area (Å²) in [6.07, 6.45) is 1.20. The van der Waals surface area contributed by atoms with Crippen LogP contribution in [0.1, 0.15) is 28.9 Å². The van der Waals surface area contributed by atoms with Gasteiger partial charge >= 0.3 is 5.97 Å². The molecule has 1 atom stereocenters. The fourth-order valence-corrected chi connectivity index (χ4v) is 2.77. The van der Waals surface area contributed by atoms with Crippen molar-refractivity contribution < 1.29 is 19.5 Å². The molecule has 0 radical (unpaired) electrons. The topological polar surface area (TPSA) is 219 Å². The molecule has 2 aromatic heterocycles. The SMILES string of the molecule is Cl.Cl.NC(=O)CC[C@H](NC(=O)c1ccc(NCc2cnc3nc(N)[nH]c(=O)c3n2)cc1)C(=O)O. The highest BCUT2D eigenvalue weighted by molar-refractivity contribution is 5.97. The number of halogens is 2. The number of fused-ring (bicyclic) bond motifs is 1. The van der Waals surface area contributed by atoms with Crippen molar-refractivity contribution in [1.82, 2.24) is 25.3 Å². The Balaban J connectivity index is 0.00000289. The van der Waals surface area contributed by atoms with Crippen molar-refractivity contribution in [3.63, 3.8) is 0 Å². The zero-order chi connectivity index (χ0) is 23.3. The minimum atomic E-state index is -1.26. The van der Waals surface area contributed by atoms with Crippen molar-refractivity contribution in [3.05, 3.63) is 52.1 Å². The number of nitrogen functional groups attached to an aromatic ring is 1. The van der Waals surface area contributed by atoms with E-state index in [2.05, 4.69) is 30.6 Å². The summed E-state index contributed by atoms with van der Waals surface area (Å²) in [7, 11) is 0. The number of aromatic nitrogens is 4. The smallest absolute Gasteiger partial charge is 0.326 e. The van der Waals surface area contributed by atoms with Crippen molar-refractivity contribution >= 4 is 65.4 Å². The summed E-state index contributed by atoms with van der Waals surface area (Å²) >= 11 is 0. The standard InChI is InChI=1S/C19H20N8O5.2ClH/c20-13(28)6-5-12(18(31)32)25-16(29)9-1-3-10(4-2-9)22-7-11-8-23-15-14(24-11)17(30)27-19(21)26-15;;/h1-4,8,12,22H,5-7H2,(H2,20,28)(H,25,29)(H,31,32)(H3,21,23,26,27,30);2*1H/t12-;;/m0../s1. The predicted molar refractivity (Wildman–Crippen MR) is 128 cm³/mol. The summed E-state index contributed by atoms with van der Waals surface area (Å²) in [6.45, 7) is 0.243. The maximum Gasteiger partial charge on any atom is 0.326 e. The number of benzene rings is 1. The maximum absolute atomic E-state index is 12.3. The molecule has 0 fully saturated rings. The number of H-pyrrole nitrogens is 1. The lowest BCUT2D eigenvalue weighted by molar-refractivity contribution is -0.139. The summed E-state index contributed by atoms with van der Waals surface area (Å²) < 4.78 is 0. The Kier molecular flexibility index (Phi) is 10.2. The third kappa shape index (κ3) is 7.28. The first-order valence-electron chi connectivity index (χ1n) is 9.40. The van der Waals surface area contributed by atoms with Crippen LogP contribution < -0.4 is 27.7 Å². The number of primary amides is 1. The number of nitrogens with one attached hydrogen (secondary N) is 3. The summed E-state index contributed by atoms with van der Waals surface area (Å²) in [5.74, 6) is -2.55. The van der Waals surface area contributed by atoms with E-state index >= 15 is 0 Å². The van der Waals surface area contributed by atoms with E-state index in [1.807, 2.05) is 0 Å². The monoisotopic (exact) mass is 512 g/mol.